The minimum Gasteiger partial charge on any atom is -0.395 e. The van der Waals surface area contributed by atoms with E-state index in [4.69, 9.17) is 5.11 Å². The van der Waals surface area contributed by atoms with Crippen LogP contribution in [0.3, 0.4) is 0 Å². The highest BCUT2D eigenvalue weighted by molar-refractivity contribution is 6.00. The summed E-state index contributed by atoms with van der Waals surface area (Å²) in [6, 6.07) is 17.7. The molecular formula is C21H28N2O2. The number of hydrogen-bond acceptors (Lipinski definition) is 4. The minimum absolute atomic E-state index is 0.0881. The molecule has 134 valence electrons. The molecule has 4 nitrogen and oxygen atoms in total. The number of nitrogens with one attached hydrogen (secondary N) is 1. The van der Waals surface area contributed by atoms with Crippen LogP contribution < -0.4 is 5.32 Å². The fourth-order valence-electron chi connectivity index (χ4n) is 2.95. The smallest absolute Gasteiger partial charge is 0.179 e. The molecule has 25 heavy (non-hydrogen) atoms. The van der Waals surface area contributed by atoms with Crippen molar-refractivity contribution in [2.75, 3.05) is 32.1 Å². The molecule has 0 saturated heterocycles. The number of rotatable bonds is 10. The van der Waals surface area contributed by atoms with Crippen molar-refractivity contribution in [3.05, 3.63) is 65.7 Å². The van der Waals surface area contributed by atoms with E-state index in [-0.39, 0.29) is 18.4 Å². The van der Waals surface area contributed by atoms with Crippen LogP contribution in [0.25, 0.3) is 0 Å². The summed E-state index contributed by atoms with van der Waals surface area (Å²) in [5, 5.41) is 11.9. The maximum absolute atomic E-state index is 12.9. The summed E-state index contributed by atoms with van der Waals surface area (Å²) < 4.78 is 0. The van der Waals surface area contributed by atoms with Crippen LogP contribution in [0.1, 0.15) is 29.3 Å². The maximum Gasteiger partial charge on any atom is 0.179 e. The molecule has 0 aromatic heterocycles. The predicted molar refractivity (Wildman–Crippen MR) is 103 cm³/mol. The van der Waals surface area contributed by atoms with Crippen molar-refractivity contribution in [3.63, 3.8) is 0 Å². The Morgan fingerprint density at radius 2 is 1.80 bits per heavy atom. The van der Waals surface area contributed by atoms with Crippen molar-refractivity contribution in [3.8, 4) is 0 Å². The van der Waals surface area contributed by atoms with Gasteiger partial charge in [-0.3, -0.25) is 9.69 Å². The Labute approximate surface area is 150 Å². The van der Waals surface area contributed by atoms with Gasteiger partial charge in [0.05, 0.1) is 12.6 Å². The number of ketones is 1. The van der Waals surface area contributed by atoms with Gasteiger partial charge in [-0.2, -0.15) is 0 Å². The minimum atomic E-state index is -0.111. The summed E-state index contributed by atoms with van der Waals surface area (Å²) in [4.78, 5) is 15.0. The third-order valence-electron chi connectivity index (χ3n) is 4.43. The fourth-order valence-corrected chi connectivity index (χ4v) is 2.95. The first-order valence-corrected chi connectivity index (χ1v) is 8.89. The van der Waals surface area contributed by atoms with Gasteiger partial charge in [0.2, 0.25) is 0 Å². The second-order valence-electron chi connectivity index (χ2n) is 6.23. The lowest BCUT2D eigenvalue weighted by atomic mass is 10.00. The van der Waals surface area contributed by atoms with Crippen LogP contribution in [0.4, 0.5) is 5.69 Å². The standard InChI is InChI=1S/C21H28N2O2/c1-3-20(23(2)15-13-17-7-5-4-6-8-17)21(25)18-9-11-19(12-10-18)22-14-16-24/h4-12,20,22,24H,3,13-16H2,1-2H3. The van der Waals surface area contributed by atoms with Crippen molar-refractivity contribution in [1.82, 2.24) is 4.90 Å². The van der Waals surface area contributed by atoms with Gasteiger partial charge < -0.3 is 10.4 Å². The Hall–Kier alpha value is -2.17. The lowest BCUT2D eigenvalue weighted by molar-refractivity contribution is 0.0847. The van der Waals surface area contributed by atoms with Gasteiger partial charge in [0, 0.05) is 24.3 Å². The van der Waals surface area contributed by atoms with Gasteiger partial charge in [0.1, 0.15) is 0 Å². The zero-order valence-electron chi connectivity index (χ0n) is 15.1. The number of anilines is 1. The van der Waals surface area contributed by atoms with Crippen LogP contribution in [0.15, 0.2) is 54.6 Å². The van der Waals surface area contributed by atoms with Gasteiger partial charge in [-0.25, -0.2) is 0 Å². The first kappa shape index (κ1) is 19.2. The second kappa shape index (κ2) is 9.97. The Morgan fingerprint density at radius 3 is 2.40 bits per heavy atom. The van der Waals surface area contributed by atoms with Gasteiger partial charge in [-0.05, 0) is 49.7 Å². The molecule has 2 rings (SSSR count). The summed E-state index contributed by atoms with van der Waals surface area (Å²) >= 11 is 0. The highest BCUT2D eigenvalue weighted by Gasteiger charge is 2.22. The van der Waals surface area contributed by atoms with Gasteiger partial charge in [0.25, 0.3) is 0 Å². The topological polar surface area (TPSA) is 52.6 Å². The highest BCUT2D eigenvalue weighted by Crippen LogP contribution is 2.15. The van der Waals surface area contributed by atoms with Crippen LogP contribution in [0.5, 0.6) is 0 Å². The monoisotopic (exact) mass is 340 g/mol. The predicted octanol–water partition coefficient (Wildman–Crippen LogP) is 3.23. The molecule has 2 aromatic rings. The zero-order valence-corrected chi connectivity index (χ0v) is 15.1. The maximum atomic E-state index is 12.9. The molecule has 0 aliphatic rings. The average molecular weight is 340 g/mol. The Bertz CT molecular complexity index is 641. The van der Waals surface area contributed by atoms with E-state index in [1.165, 1.54) is 5.56 Å². The van der Waals surface area contributed by atoms with Crippen molar-refractivity contribution < 1.29 is 9.90 Å². The van der Waals surface area contributed by atoms with Crippen molar-refractivity contribution in [2.45, 2.75) is 25.8 Å². The molecule has 0 fully saturated rings. The third-order valence-corrected chi connectivity index (χ3v) is 4.43. The number of benzene rings is 2. The number of Topliss-reactive ketones (excluding diaryl/α,β-unsaturated/α-hetero) is 1. The van der Waals surface area contributed by atoms with E-state index < -0.39 is 0 Å². The second-order valence-corrected chi connectivity index (χ2v) is 6.23. The number of nitrogens with zero attached hydrogens (tertiary/aromatic N) is 1. The molecule has 0 amide bonds. The van der Waals surface area contributed by atoms with Gasteiger partial charge in [-0.1, -0.05) is 37.3 Å². The number of carbonyl (C=O) groups excluding carboxylic acids is 1. The molecule has 2 aromatic carbocycles. The van der Waals surface area contributed by atoms with Crippen molar-refractivity contribution >= 4 is 11.5 Å². The number of aliphatic hydroxyl groups excluding tert-OH is 1. The Morgan fingerprint density at radius 1 is 1.12 bits per heavy atom. The van der Waals surface area contributed by atoms with Crippen LogP contribution in [-0.2, 0) is 6.42 Å². The molecular weight excluding hydrogens is 312 g/mol. The molecule has 0 aliphatic carbocycles. The largest absolute Gasteiger partial charge is 0.395 e. The van der Waals surface area contributed by atoms with Crippen molar-refractivity contribution in [2.24, 2.45) is 0 Å². The summed E-state index contributed by atoms with van der Waals surface area (Å²) in [6.45, 7) is 3.50. The zero-order chi connectivity index (χ0) is 18.1. The molecule has 4 heteroatoms. The molecule has 1 unspecified atom stereocenters. The normalized spacial score (nSPS) is 12.2. The Balaban J connectivity index is 1.96. The molecule has 0 bridgehead atoms. The summed E-state index contributed by atoms with van der Waals surface area (Å²) in [6.07, 6.45) is 1.72. The quantitative estimate of drug-likeness (QED) is 0.652. The van der Waals surface area contributed by atoms with Gasteiger partial charge >= 0.3 is 0 Å². The number of aliphatic hydroxyl groups is 1. The molecule has 0 spiro atoms. The molecule has 0 heterocycles. The molecule has 1 atom stereocenters. The lowest BCUT2D eigenvalue weighted by Gasteiger charge is -2.26. The van der Waals surface area contributed by atoms with Crippen LogP contribution in [0, 0.1) is 0 Å². The summed E-state index contributed by atoms with van der Waals surface area (Å²) in [5.74, 6) is 0.159. The van der Waals surface area contributed by atoms with E-state index in [0.717, 1.165) is 30.6 Å². The lowest BCUT2D eigenvalue weighted by Crippen LogP contribution is -2.39. The summed E-state index contributed by atoms with van der Waals surface area (Å²) in [5.41, 5.74) is 2.93. The van der Waals surface area contributed by atoms with Crippen LogP contribution in [0.2, 0.25) is 0 Å². The van der Waals surface area contributed by atoms with E-state index >= 15 is 0 Å². The highest BCUT2D eigenvalue weighted by atomic mass is 16.3. The van der Waals surface area contributed by atoms with E-state index in [1.807, 2.05) is 49.5 Å². The average Bonchev–Trinajstić information content (AvgIpc) is 2.66. The molecule has 0 radical (unpaired) electrons. The first-order valence-electron chi connectivity index (χ1n) is 8.89. The van der Waals surface area contributed by atoms with Crippen LogP contribution >= 0.6 is 0 Å². The number of hydrogen-bond donors (Lipinski definition) is 2. The van der Waals surface area contributed by atoms with E-state index in [9.17, 15) is 4.79 Å². The van der Waals surface area contributed by atoms with Crippen molar-refractivity contribution in [1.29, 1.82) is 0 Å². The molecule has 2 N–H and O–H groups in total. The number of carbonyl (C=O) groups is 1. The van der Waals surface area contributed by atoms with Gasteiger partial charge in [0.15, 0.2) is 5.78 Å². The van der Waals surface area contributed by atoms with Crippen LogP contribution in [-0.4, -0.2) is 48.6 Å². The Kier molecular flexibility index (Phi) is 7.64. The van der Waals surface area contributed by atoms with E-state index in [0.29, 0.717) is 6.54 Å². The molecule has 0 saturated carbocycles. The van der Waals surface area contributed by atoms with E-state index in [2.05, 4.69) is 29.3 Å². The SMILES string of the molecule is CCC(C(=O)c1ccc(NCCO)cc1)N(C)CCc1ccccc1. The number of likely N-dealkylation sites (N-methyl/N-ethyl adjacent to an activating group) is 1. The molecule has 0 aliphatic heterocycles. The van der Waals surface area contributed by atoms with Gasteiger partial charge in [-0.15, -0.1) is 0 Å². The van der Waals surface area contributed by atoms with E-state index in [1.54, 1.807) is 0 Å². The first-order chi connectivity index (χ1) is 12.2. The fraction of sp³-hybridized carbons (Fsp3) is 0.381. The summed E-state index contributed by atoms with van der Waals surface area (Å²) in [7, 11) is 2.02. The third kappa shape index (κ3) is 5.69.